The molecule has 5 heteroatoms. The summed E-state index contributed by atoms with van der Waals surface area (Å²) in [5, 5.41) is 6.80. The lowest BCUT2D eigenvalue weighted by Gasteiger charge is -2.23. The minimum atomic E-state index is 0.496. The Morgan fingerprint density at radius 1 is 1.09 bits per heavy atom. The van der Waals surface area contributed by atoms with Crippen molar-refractivity contribution < 1.29 is 0 Å². The van der Waals surface area contributed by atoms with Crippen LogP contribution < -0.4 is 10.6 Å². The molecule has 1 saturated carbocycles. The van der Waals surface area contributed by atoms with Gasteiger partial charge in [-0.25, -0.2) is 4.98 Å². The Kier molecular flexibility index (Phi) is 4.83. The van der Waals surface area contributed by atoms with Crippen LogP contribution in [0.4, 0.5) is 11.8 Å². The van der Waals surface area contributed by atoms with Crippen LogP contribution >= 0.6 is 0 Å². The lowest BCUT2D eigenvalue weighted by Crippen LogP contribution is -2.23. The molecule has 0 bridgehead atoms. The van der Waals surface area contributed by atoms with Crippen molar-refractivity contribution in [1.82, 2.24) is 15.0 Å². The summed E-state index contributed by atoms with van der Waals surface area (Å²) in [5.74, 6) is 1.58. The van der Waals surface area contributed by atoms with Crippen molar-refractivity contribution >= 4 is 11.8 Å². The van der Waals surface area contributed by atoms with Crippen LogP contribution in [-0.2, 0) is 0 Å². The number of nitrogens with one attached hydrogen (secondary N) is 2. The molecule has 0 saturated heterocycles. The maximum Gasteiger partial charge on any atom is 0.225 e. The van der Waals surface area contributed by atoms with Gasteiger partial charge in [-0.2, -0.15) is 4.98 Å². The van der Waals surface area contributed by atoms with Gasteiger partial charge in [-0.1, -0.05) is 19.3 Å². The van der Waals surface area contributed by atoms with Crippen LogP contribution in [0.5, 0.6) is 0 Å². The maximum atomic E-state index is 4.69. The molecular weight excluding hydrogens is 274 g/mol. The Bertz CT molecular complexity index is 593. The van der Waals surface area contributed by atoms with Crippen molar-refractivity contribution in [3.05, 3.63) is 30.6 Å². The molecule has 2 aromatic rings. The lowest BCUT2D eigenvalue weighted by atomic mass is 9.96. The maximum absolute atomic E-state index is 4.69. The van der Waals surface area contributed by atoms with E-state index in [0.717, 1.165) is 29.6 Å². The van der Waals surface area contributed by atoms with Crippen molar-refractivity contribution in [2.24, 2.45) is 0 Å². The highest BCUT2D eigenvalue weighted by molar-refractivity contribution is 5.63. The molecule has 0 spiro atoms. The number of aromatic nitrogens is 3. The Morgan fingerprint density at radius 3 is 2.59 bits per heavy atom. The highest BCUT2D eigenvalue weighted by Gasteiger charge is 2.15. The number of pyridine rings is 1. The standard InChI is InChI=1S/C17H23N5/c1-2-19-16-12-15(13-8-10-18-11-9-13)21-17(22-16)20-14-6-4-3-5-7-14/h8-12,14H,2-7H2,1H3,(H2,19,20,21,22). The monoisotopic (exact) mass is 297 g/mol. The van der Waals surface area contributed by atoms with Crippen molar-refractivity contribution in [3.63, 3.8) is 0 Å². The van der Waals surface area contributed by atoms with E-state index in [1.165, 1.54) is 32.1 Å². The second-order valence-electron chi connectivity index (χ2n) is 5.71. The van der Waals surface area contributed by atoms with Crippen molar-refractivity contribution in [1.29, 1.82) is 0 Å². The summed E-state index contributed by atoms with van der Waals surface area (Å²) in [5.41, 5.74) is 1.98. The molecule has 0 atom stereocenters. The first-order valence-corrected chi connectivity index (χ1v) is 8.15. The third-order valence-corrected chi connectivity index (χ3v) is 4.00. The number of rotatable bonds is 5. The van der Waals surface area contributed by atoms with Crippen molar-refractivity contribution in [2.45, 2.75) is 45.1 Å². The molecule has 22 heavy (non-hydrogen) atoms. The first kappa shape index (κ1) is 14.8. The zero-order chi connectivity index (χ0) is 15.2. The Balaban J connectivity index is 1.86. The number of nitrogens with zero attached hydrogens (tertiary/aromatic N) is 3. The number of hydrogen-bond acceptors (Lipinski definition) is 5. The third kappa shape index (κ3) is 3.72. The molecule has 116 valence electrons. The van der Waals surface area contributed by atoms with Crippen molar-refractivity contribution in [2.75, 3.05) is 17.2 Å². The zero-order valence-electron chi connectivity index (χ0n) is 13.0. The molecule has 1 aliphatic rings. The van der Waals surface area contributed by atoms with E-state index in [9.17, 15) is 0 Å². The summed E-state index contributed by atoms with van der Waals surface area (Å²) in [4.78, 5) is 13.4. The number of hydrogen-bond donors (Lipinski definition) is 2. The third-order valence-electron chi connectivity index (χ3n) is 4.00. The molecule has 2 aromatic heterocycles. The largest absolute Gasteiger partial charge is 0.370 e. The Hall–Kier alpha value is -2.17. The summed E-state index contributed by atoms with van der Waals surface area (Å²) >= 11 is 0. The fourth-order valence-electron chi connectivity index (χ4n) is 2.88. The highest BCUT2D eigenvalue weighted by atomic mass is 15.2. The molecule has 3 rings (SSSR count). The smallest absolute Gasteiger partial charge is 0.225 e. The summed E-state index contributed by atoms with van der Waals surface area (Å²) in [6, 6.07) is 6.44. The van der Waals surface area contributed by atoms with Crippen LogP contribution in [0.15, 0.2) is 30.6 Å². The molecule has 0 amide bonds. The molecular formula is C17H23N5. The van der Waals surface area contributed by atoms with E-state index >= 15 is 0 Å². The molecule has 5 nitrogen and oxygen atoms in total. The van der Waals surface area contributed by atoms with Gasteiger partial charge in [0.1, 0.15) is 5.82 Å². The fourth-order valence-corrected chi connectivity index (χ4v) is 2.88. The van der Waals surface area contributed by atoms with E-state index in [1.807, 2.05) is 18.2 Å². The Morgan fingerprint density at radius 2 is 1.86 bits per heavy atom. The molecule has 0 aromatic carbocycles. The van der Waals surface area contributed by atoms with Gasteiger partial charge < -0.3 is 10.6 Å². The molecule has 0 unspecified atom stereocenters. The van der Waals surface area contributed by atoms with Crippen LogP contribution in [0.2, 0.25) is 0 Å². The van der Waals surface area contributed by atoms with Crippen LogP contribution in [0.3, 0.4) is 0 Å². The summed E-state index contributed by atoms with van der Waals surface area (Å²) < 4.78 is 0. The normalized spacial score (nSPS) is 15.5. The SMILES string of the molecule is CCNc1cc(-c2ccncc2)nc(NC2CCCCC2)n1. The van der Waals surface area contributed by atoms with Crippen LogP contribution in [0.1, 0.15) is 39.0 Å². The van der Waals surface area contributed by atoms with Gasteiger partial charge in [0.05, 0.1) is 5.69 Å². The molecule has 0 radical (unpaired) electrons. The van der Waals surface area contributed by atoms with Crippen molar-refractivity contribution in [3.8, 4) is 11.3 Å². The minimum Gasteiger partial charge on any atom is -0.370 e. The molecule has 2 heterocycles. The van der Waals surface area contributed by atoms with E-state index in [-0.39, 0.29) is 0 Å². The predicted molar refractivity (Wildman–Crippen MR) is 89.9 cm³/mol. The first-order valence-electron chi connectivity index (χ1n) is 8.15. The van der Waals surface area contributed by atoms with Gasteiger partial charge in [0, 0.05) is 36.6 Å². The number of anilines is 2. The van der Waals surface area contributed by atoms with Gasteiger partial charge in [-0.3, -0.25) is 4.98 Å². The van der Waals surface area contributed by atoms with E-state index < -0.39 is 0 Å². The van der Waals surface area contributed by atoms with E-state index in [2.05, 4.69) is 27.5 Å². The van der Waals surface area contributed by atoms with Gasteiger partial charge in [-0.15, -0.1) is 0 Å². The van der Waals surface area contributed by atoms with Crippen LogP contribution in [0.25, 0.3) is 11.3 Å². The van der Waals surface area contributed by atoms with E-state index in [0.29, 0.717) is 6.04 Å². The Labute approximate surface area is 131 Å². The van der Waals surface area contributed by atoms with Gasteiger partial charge in [-0.05, 0) is 31.9 Å². The highest BCUT2D eigenvalue weighted by Crippen LogP contribution is 2.24. The second kappa shape index (κ2) is 7.20. The van der Waals surface area contributed by atoms with Gasteiger partial charge in [0.25, 0.3) is 0 Å². The zero-order valence-corrected chi connectivity index (χ0v) is 13.0. The van der Waals surface area contributed by atoms with Gasteiger partial charge in [0.2, 0.25) is 5.95 Å². The lowest BCUT2D eigenvalue weighted by molar-refractivity contribution is 0.461. The first-order chi connectivity index (χ1) is 10.8. The molecule has 1 aliphatic carbocycles. The topological polar surface area (TPSA) is 62.7 Å². The summed E-state index contributed by atoms with van der Waals surface area (Å²) in [7, 11) is 0. The average Bonchev–Trinajstić information content (AvgIpc) is 2.57. The second-order valence-corrected chi connectivity index (χ2v) is 5.71. The summed E-state index contributed by atoms with van der Waals surface area (Å²) in [6.45, 7) is 2.91. The predicted octanol–water partition coefficient (Wildman–Crippen LogP) is 3.72. The molecule has 0 aliphatic heterocycles. The van der Waals surface area contributed by atoms with Gasteiger partial charge >= 0.3 is 0 Å². The van der Waals surface area contributed by atoms with Gasteiger partial charge in [0.15, 0.2) is 0 Å². The van der Waals surface area contributed by atoms with E-state index in [4.69, 9.17) is 4.98 Å². The fraction of sp³-hybridized carbons (Fsp3) is 0.471. The molecule has 2 N–H and O–H groups in total. The van der Waals surface area contributed by atoms with Crippen LogP contribution in [0, 0.1) is 0 Å². The van der Waals surface area contributed by atoms with Crippen LogP contribution in [-0.4, -0.2) is 27.5 Å². The quantitative estimate of drug-likeness (QED) is 0.880. The summed E-state index contributed by atoms with van der Waals surface area (Å²) in [6.07, 6.45) is 9.93. The molecule has 1 fully saturated rings. The van der Waals surface area contributed by atoms with E-state index in [1.54, 1.807) is 12.4 Å². The average molecular weight is 297 g/mol. The minimum absolute atomic E-state index is 0.496.